The molecule has 0 saturated carbocycles. The summed E-state index contributed by atoms with van der Waals surface area (Å²) in [5.41, 5.74) is 9.49. The molecule has 0 aliphatic carbocycles. The quantitative estimate of drug-likeness (QED) is 0.908. The van der Waals surface area contributed by atoms with Crippen molar-refractivity contribution in [3.8, 4) is 5.75 Å². The second-order valence-corrected chi connectivity index (χ2v) is 5.56. The van der Waals surface area contributed by atoms with Crippen LogP contribution < -0.4 is 15.6 Å². The van der Waals surface area contributed by atoms with Crippen molar-refractivity contribution in [2.45, 2.75) is 6.54 Å². The van der Waals surface area contributed by atoms with Crippen LogP contribution in [0.3, 0.4) is 0 Å². The molecule has 0 aromatic heterocycles. The zero-order chi connectivity index (χ0) is 15.2. The molecule has 22 heavy (non-hydrogen) atoms. The second kappa shape index (κ2) is 7.04. The Hall–Kier alpha value is -2.40. The van der Waals surface area contributed by atoms with Gasteiger partial charge in [0.1, 0.15) is 5.75 Å². The number of nitrogens with one attached hydrogen (secondary N) is 2. The van der Waals surface area contributed by atoms with Gasteiger partial charge in [0.2, 0.25) is 0 Å². The van der Waals surface area contributed by atoms with Crippen molar-refractivity contribution in [2.75, 3.05) is 7.11 Å². The number of nitrogens with zero attached hydrogens (tertiary/aromatic N) is 1. The Morgan fingerprint density at radius 1 is 1.00 bits per heavy atom. The molecule has 0 radical (unpaired) electrons. The number of ether oxygens (including phenoxy) is 1. The molecule has 0 bridgehead atoms. The van der Waals surface area contributed by atoms with Crippen molar-refractivity contribution < 1.29 is 4.74 Å². The number of para-hydroxylation sites is 1. The number of rotatable bonds is 4. The van der Waals surface area contributed by atoms with Crippen molar-refractivity contribution in [3.63, 3.8) is 0 Å². The fourth-order valence-electron chi connectivity index (χ4n) is 2.12. The molecule has 4 nitrogen and oxygen atoms in total. The van der Waals surface area contributed by atoms with E-state index >= 15 is 0 Å². The van der Waals surface area contributed by atoms with Crippen LogP contribution >= 0.6 is 11.8 Å². The summed E-state index contributed by atoms with van der Waals surface area (Å²) < 4.78 is 5.38. The smallest absolute Gasteiger partial charge is 0.180 e. The monoisotopic (exact) mass is 311 g/mol. The second-order valence-electron chi connectivity index (χ2n) is 4.71. The van der Waals surface area contributed by atoms with Crippen LogP contribution in [0.5, 0.6) is 5.75 Å². The summed E-state index contributed by atoms with van der Waals surface area (Å²) in [6, 6.07) is 18.1. The summed E-state index contributed by atoms with van der Waals surface area (Å²) in [6.07, 6.45) is 0. The maximum atomic E-state index is 5.38. The van der Waals surface area contributed by atoms with Gasteiger partial charge in [-0.05, 0) is 17.7 Å². The van der Waals surface area contributed by atoms with E-state index in [0.29, 0.717) is 6.54 Å². The first kappa shape index (κ1) is 14.5. The molecule has 1 heterocycles. The van der Waals surface area contributed by atoms with Crippen molar-refractivity contribution in [3.05, 3.63) is 71.1 Å². The van der Waals surface area contributed by atoms with Gasteiger partial charge in [-0.15, -0.1) is 0 Å². The highest BCUT2D eigenvalue weighted by molar-refractivity contribution is 8.16. The first-order chi connectivity index (χ1) is 10.9. The molecular weight excluding hydrogens is 294 g/mol. The van der Waals surface area contributed by atoms with E-state index in [1.54, 1.807) is 18.9 Å². The fourth-order valence-corrected chi connectivity index (χ4v) is 2.78. The van der Waals surface area contributed by atoms with Gasteiger partial charge in [0, 0.05) is 11.0 Å². The largest absolute Gasteiger partial charge is 0.496 e. The van der Waals surface area contributed by atoms with Gasteiger partial charge in [-0.25, -0.2) is 0 Å². The maximum absolute atomic E-state index is 5.38. The number of hydrogen-bond donors (Lipinski definition) is 2. The number of hydrazine groups is 1. The molecule has 0 fully saturated rings. The average Bonchev–Trinajstić information content (AvgIpc) is 2.61. The topological polar surface area (TPSA) is 45.6 Å². The van der Waals surface area contributed by atoms with E-state index in [1.807, 2.05) is 47.9 Å². The van der Waals surface area contributed by atoms with E-state index in [2.05, 4.69) is 28.0 Å². The number of methoxy groups -OCH3 is 1. The summed E-state index contributed by atoms with van der Waals surface area (Å²) in [5, 5.41) is 2.89. The first-order valence-electron chi connectivity index (χ1n) is 6.97. The van der Waals surface area contributed by atoms with Crippen LogP contribution in [0.4, 0.5) is 0 Å². The van der Waals surface area contributed by atoms with E-state index < -0.39 is 0 Å². The highest BCUT2D eigenvalue weighted by atomic mass is 32.2. The minimum absolute atomic E-state index is 0.662. The van der Waals surface area contributed by atoms with Crippen LogP contribution in [0, 0.1) is 0 Å². The van der Waals surface area contributed by atoms with E-state index in [-0.39, 0.29) is 0 Å². The third kappa shape index (κ3) is 3.43. The van der Waals surface area contributed by atoms with Crippen LogP contribution in [0.1, 0.15) is 11.1 Å². The van der Waals surface area contributed by atoms with Gasteiger partial charge >= 0.3 is 0 Å². The lowest BCUT2D eigenvalue weighted by molar-refractivity contribution is 0.413. The molecule has 112 valence electrons. The van der Waals surface area contributed by atoms with Crippen molar-refractivity contribution in [2.24, 2.45) is 4.99 Å². The van der Waals surface area contributed by atoms with Crippen molar-refractivity contribution >= 4 is 22.6 Å². The summed E-state index contributed by atoms with van der Waals surface area (Å²) >= 11 is 1.56. The van der Waals surface area contributed by atoms with Crippen molar-refractivity contribution in [1.29, 1.82) is 0 Å². The summed E-state index contributed by atoms with van der Waals surface area (Å²) in [5.74, 6) is 0.841. The molecule has 0 atom stereocenters. The molecule has 1 aliphatic heterocycles. The predicted octanol–water partition coefficient (Wildman–Crippen LogP) is 3.39. The Kier molecular flexibility index (Phi) is 4.65. The van der Waals surface area contributed by atoms with Crippen LogP contribution in [-0.4, -0.2) is 12.3 Å². The summed E-state index contributed by atoms with van der Waals surface area (Å²) in [4.78, 5) is 4.55. The molecule has 3 rings (SSSR count). The van der Waals surface area contributed by atoms with Gasteiger partial charge < -0.3 is 4.74 Å². The Balaban J connectivity index is 1.69. The van der Waals surface area contributed by atoms with Crippen LogP contribution in [-0.2, 0) is 6.54 Å². The maximum Gasteiger partial charge on any atom is 0.180 e. The zero-order valence-corrected chi connectivity index (χ0v) is 13.1. The normalized spacial score (nSPS) is 15.7. The molecule has 2 N–H and O–H groups in total. The van der Waals surface area contributed by atoms with Gasteiger partial charge in [0.25, 0.3) is 0 Å². The predicted molar refractivity (Wildman–Crippen MR) is 92.4 cm³/mol. The summed E-state index contributed by atoms with van der Waals surface area (Å²) in [7, 11) is 1.68. The first-order valence-corrected chi connectivity index (χ1v) is 7.85. The lowest BCUT2D eigenvalue weighted by Crippen LogP contribution is -2.37. The Labute approximate surface area is 134 Å². The standard InChI is InChI=1S/C17H17N3OS/c1-21-16-10-6-5-9-14(16)15-12-22-17(20-19-15)18-11-13-7-3-2-4-8-13/h2-10,12,19H,11H2,1H3,(H,18,20). The molecule has 2 aromatic rings. The Morgan fingerprint density at radius 2 is 1.77 bits per heavy atom. The number of thioether (sulfide) groups is 1. The SMILES string of the molecule is COc1ccccc1C1=CSC(=NCc2ccccc2)NN1. The third-order valence-electron chi connectivity index (χ3n) is 3.24. The molecule has 5 heteroatoms. The van der Waals surface area contributed by atoms with Gasteiger partial charge in [-0.3, -0.25) is 15.8 Å². The molecule has 0 spiro atoms. The molecular formula is C17H17N3OS. The molecule has 2 aromatic carbocycles. The van der Waals surface area contributed by atoms with Crippen molar-refractivity contribution in [1.82, 2.24) is 10.9 Å². The third-order valence-corrected chi connectivity index (χ3v) is 4.05. The van der Waals surface area contributed by atoms with Crippen LogP contribution in [0.2, 0.25) is 0 Å². The lowest BCUT2D eigenvalue weighted by atomic mass is 10.1. The highest BCUT2D eigenvalue weighted by Gasteiger charge is 2.13. The van der Waals surface area contributed by atoms with Gasteiger partial charge in [-0.2, -0.15) is 0 Å². The Morgan fingerprint density at radius 3 is 2.50 bits per heavy atom. The van der Waals surface area contributed by atoms with Crippen LogP contribution in [0.15, 0.2) is 65.0 Å². The minimum Gasteiger partial charge on any atom is -0.496 e. The number of hydrogen-bond acceptors (Lipinski definition) is 4. The lowest BCUT2D eigenvalue weighted by Gasteiger charge is -2.20. The van der Waals surface area contributed by atoms with E-state index in [9.17, 15) is 0 Å². The van der Waals surface area contributed by atoms with E-state index in [0.717, 1.165) is 22.2 Å². The van der Waals surface area contributed by atoms with E-state index in [1.165, 1.54) is 5.56 Å². The number of benzene rings is 2. The van der Waals surface area contributed by atoms with Crippen LogP contribution in [0.25, 0.3) is 5.70 Å². The molecule has 0 saturated heterocycles. The fraction of sp³-hybridized carbons (Fsp3) is 0.118. The van der Waals surface area contributed by atoms with Gasteiger partial charge in [0.05, 0.1) is 19.4 Å². The van der Waals surface area contributed by atoms with Gasteiger partial charge in [-0.1, -0.05) is 54.2 Å². The molecule has 1 aliphatic rings. The highest BCUT2D eigenvalue weighted by Crippen LogP contribution is 2.27. The van der Waals surface area contributed by atoms with Gasteiger partial charge in [0.15, 0.2) is 5.17 Å². The zero-order valence-electron chi connectivity index (χ0n) is 12.2. The number of amidine groups is 1. The Bertz CT molecular complexity index is 698. The average molecular weight is 311 g/mol. The van der Waals surface area contributed by atoms with E-state index in [4.69, 9.17) is 4.74 Å². The minimum atomic E-state index is 0.662. The molecule has 0 amide bonds. The summed E-state index contributed by atoms with van der Waals surface area (Å²) in [6.45, 7) is 0.662. The number of aliphatic imine (C=N–C) groups is 1. The molecule has 0 unspecified atom stereocenters.